The average molecular weight is 197 g/mol. The van der Waals surface area contributed by atoms with Gasteiger partial charge in [-0.3, -0.25) is 4.99 Å². The summed E-state index contributed by atoms with van der Waals surface area (Å²) in [6, 6.07) is 0. The first-order valence-electron chi connectivity index (χ1n) is 4.98. The van der Waals surface area contributed by atoms with E-state index < -0.39 is 0 Å². The molecule has 0 amide bonds. The molecular formula is C10H16FN3. The number of nitrogens with one attached hydrogen (secondary N) is 1. The number of nitrogens with zero attached hydrogens (tertiary/aromatic N) is 2. The summed E-state index contributed by atoms with van der Waals surface area (Å²) in [6.45, 7) is 8.53. The van der Waals surface area contributed by atoms with Crippen LogP contribution in [-0.2, 0) is 0 Å². The molecule has 0 aromatic carbocycles. The predicted octanol–water partition coefficient (Wildman–Crippen LogP) is 0.793. The largest absolute Gasteiger partial charge is 0.315 e. The van der Waals surface area contributed by atoms with Crippen LogP contribution < -0.4 is 5.32 Å². The van der Waals surface area contributed by atoms with Gasteiger partial charge in [0.2, 0.25) is 0 Å². The SMILES string of the molecule is C=N/C=C(/F)CCN1CC2(CNC2)C1. The maximum absolute atomic E-state index is 12.9. The van der Waals surface area contributed by atoms with Crippen molar-refractivity contribution in [1.29, 1.82) is 0 Å². The minimum atomic E-state index is -0.173. The van der Waals surface area contributed by atoms with Crippen molar-refractivity contribution in [2.45, 2.75) is 6.42 Å². The molecule has 0 saturated carbocycles. The first-order chi connectivity index (χ1) is 6.74. The van der Waals surface area contributed by atoms with Crippen molar-refractivity contribution in [3.63, 3.8) is 0 Å². The Labute approximate surface area is 83.7 Å². The van der Waals surface area contributed by atoms with Gasteiger partial charge < -0.3 is 10.2 Å². The summed E-state index contributed by atoms with van der Waals surface area (Å²) in [4.78, 5) is 5.69. The Morgan fingerprint density at radius 1 is 1.57 bits per heavy atom. The number of likely N-dealkylation sites (tertiary alicyclic amines) is 1. The maximum Gasteiger partial charge on any atom is 0.119 e. The van der Waals surface area contributed by atoms with Gasteiger partial charge >= 0.3 is 0 Å². The van der Waals surface area contributed by atoms with Gasteiger partial charge in [0, 0.05) is 44.6 Å². The van der Waals surface area contributed by atoms with E-state index in [0.29, 0.717) is 11.8 Å². The minimum Gasteiger partial charge on any atom is -0.315 e. The molecule has 0 aliphatic carbocycles. The van der Waals surface area contributed by atoms with Crippen molar-refractivity contribution in [3.8, 4) is 0 Å². The lowest BCUT2D eigenvalue weighted by Crippen LogP contribution is -2.70. The molecule has 2 aliphatic heterocycles. The molecule has 0 bridgehead atoms. The molecule has 0 atom stereocenters. The molecule has 1 spiro atoms. The Hall–Kier alpha value is -0.740. The number of hydrogen-bond donors (Lipinski definition) is 1. The molecule has 2 heterocycles. The second-order valence-electron chi connectivity index (χ2n) is 4.32. The van der Waals surface area contributed by atoms with Gasteiger partial charge in [-0.15, -0.1) is 0 Å². The van der Waals surface area contributed by atoms with Crippen LogP contribution in [0.2, 0.25) is 0 Å². The van der Waals surface area contributed by atoms with E-state index in [1.165, 1.54) is 6.20 Å². The van der Waals surface area contributed by atoms with E-state index in [0.717, 1.165) is 32.7 Å². The third kappa shape index (κ3) is 1.86. The van der Waals surface area contributed by atoms with Gasteiger partial charge in [0.15, 0.2) is 0 Å². The van der Waals surface area contributed by atoms with Gasteiger partial charge in [-0.1, -0.05) is 0 Å². The summed E-state index contributed by atoms with van der Waals surface area (Å²) in [7, 11) is 0. The van der Waals surface area contributed by atoms with Gasteiger partial charge in [-0.05, 0) is 6.72 Å². The van der Waals surface area contributed by atoms with Gasteiger partial charge in [-0.2, -0.15) is 0 Å². The van der Waals surface area contributed by atoms with Crippen molar-refractivity contribution >= 4 is 6.72 Å². The fourth-order valence-corrected chi connectivity index (χ4v) is 2.19. The van der Waals surface area contributed by atoms with Crippen LogP contribution in [0.25, 0.3) is 0 Å². The molecule has 0 unspecified atom stereocenters. The molecule has 2 saturated heterocycles. The molecule has 14 heavy (non-hydrogen) atoms. The quantitative estimate of drug-likeness (QED) is 0.675. The van der Waals surface area contributed by atoms with E-state index in [4.69, 9.17) is 0 Å². The predicted molar refractivity (Wildman–Crippen MR) is 55.1 cm³/mol. The van der Waals surface area contributed by atoms with Crippen LogP contribution in [0, 0.1) is 5.41 Å². The second-order valence-corrected chi connectivity index (χ2v) is 4.32. The number of aliphatic imine (C=N–C) groups is 1. The van der Waals surface area contributed by atoms with Crippen LogP contribution in [-0.4, -0.2) is 44.3 Å². The molecule has 78 valence electrons. The van der Waals surface area contributed by atoms with E-state index in [2.05, 4.69) is 21.9 Å². The Kier molecular flexibility index (Phi) is 2.65. The van der Waals surface area contributed by atoms with Crippen molar-refractivity contribution in [3.05, 3.63) is 12.0 Å². The van der Waals surface area contributed by atoms with E-state index in [1.807, 2.05) is 0 Å². The summed E-state index contributed by atoms with van der Waals surface area (Å²) >= 11 is 0. The van der Waals surface area contributed by atoms with Crippen molar-refractivity contribution in [1.82, 2.24) is 10.2 Å². The molecule has 1 N–H and O–H groups in total. The first kappa shape index (κ1) is 9.80. The Morgan fingerprint density at radius 3 is 2.79 bits per heavy atom. The van der Waals surface area contributed by atoms with Gasteiger partial charge in [0.25, 0.3) is 0 Å². The highest BCUT2D eigenvalue weighted by Gasteiger charge is 2.46. The molecule has 3 nitrogen and oxygen atoms in total. The minimum absolute atomic E-state index is 0.173. The molecule has 2 fully saturated rings. The van der Waals surface area contributed by atoms with Crippen LogP contribution >= 0.6 is 0 Å². The lowest BCUT2D eigenvalue weighted by atomic mass is 9.74. The van der Waals surface area contributed by atoms with Crippen molar-refractivity contribution in [2.24, 2.45) is 10.4 Å². The molecular weight excluding hydrogens is 181 g/mol. The highest BCUT2D eigenvalue weighted by Crippen LogP contribution is 2.34. The van der Waals surface area contributed by atoms with E-state index in [9.17, 15) is 4.39 Å². The summed E-state index contributed by atoms with van der Waals surface area (Å²) in [5, 5.41) is 3.27. The lowest BCUT2D eigenvalue weighted by molar-refractivity contribution is -0.0388. The average Bonchev–Trinajstić information content (AvgIpc) is 1.99. The molecule has 2 rings (SSSR count). The molecule has 0 radical (unpaired) electrons. The highest BCUT2D eigenvalue weighted by atomic mass is 19.1. The van der Waals surface area contributed by atoms with Gasteiger partial charge in [-0.25, -0.2) is 4.39 Å². The second kappa shape index (κ2) is 3.79. The topological polar surface area (TPSA) is 27.6 Å². The number of halogens is 1. The first-order valence-corrected chi connectivity index (χ1v) is 4.98. The van der Waals surface area contributed by atoms with E-state index in [-0.39, 0.29) is 5.83 Å². The van der Waals surface area contributed by atoms with Gasteiger partial charge in [0.05, 0.1) is 6.20 Å². The monoisotopic (exact) mass is 197 g/mol. The highest BCUT2D eigenvalue weighted by molar-refractivity contribution is 5.25. The van der Waals surface area contributed by atoms with Crippen LogP contribution in [0.15, 0.2) is 17.0 Å². The summed E-state index contributed by atoms with van der Waals surface area (Å²) in [6.07, 6.45) is 1.66. The smallest absolute Gasteiger partial charge is 0.119 e. The normalized spacial score (nSPS) is 25.6. The molecule has 0 aromatic heterocycles. The van der Waals surface area contributed by atoms with Gasteiger partial charge in [0.1, 0.15) is 5.83 Å². The number of hydrogen-bond acceptors (Lipinski definition) is 3. The lowest BCUT2D eigenvalue weighted by Gasteiger charge is -2.56. The van der Waals surface area contributed by atoms with Crippen LogP contribution in [0.3, 0.4) is 0 Å². The molecule has 0 aromatic rings. The Balaban J connectivity index is 1.64. The zero-order valence-electron chi connectivity index (χ0n) is 8.30. The zero-order valence-corrected chi connectivity index (χ0v) is 8.30. The zero-order chi connectivity index (χ0) is 10.0. The van der Waals surface area contributed by atoms with E-state index >= 15 is 0 Å². The van der Waals surface area contributed by atoms with Crippen molar-refractivity contribution < 1.29 is 4.39 Å². The third-order valence-electron chi connectivity index (χ3n) is 3.02. The Bertz CT molecular complexity index is 250. The van der Waals surface area contributed by atoms with E-state index in [1.54, 1.807) is 0 Å². The summed E-state index contributed by atoms with van der Waals surface area (Å²) in [5.74, 6) is -0.173. The van der Waals surface area contributed by atoms with Crippen LogP contribution in [0.5, 0.6) is 0 Å². The summed E-state index contributed by atoms with van der Waals surface area (Å²) in [5.41, 5.74) is 0.539. The van der Waals surface area contributed by atoms with Crippen LogP contribution in [0.1, 0.15) is 6.42 Å². The van der Waals surface area contributed by atoms with Crippen molar-refractivity contribution in [2.75, 3.05) is 32.7 Å². The molecule has 4 heteroatoms. The summed E-state index contributed by atoms with van der Waals surface area (Å²) < 4.78 is 12.9. The number of rotatable bonds is 4. The molecule has 2 aliphatic rings. The van der Waals surface area contributed by atoms with Crippen LogP contribution in [0.4, 0.5) is 4.39 Å². The third-order valence-corrected chi connectivity index (χ3v) is 3.02. The Morgan fingerprint density at radius 2 is 2.29 bits per heavy atom. The maximum atomic E-state index is 12.9. The fraction of sp³-hybridized carbons (Fsp3) is 0.700. The standard InChI is InChI=1S/C10H16FN3/c1-12-4-9(11)2-3-14-7-10(8-14)5-13-6-10/h4,13H,1-3,5-8H2/b9-4+. The fourth-order valence-electron chi connectivity index (χ4n) is 2.19.